The summed E-state index contributed by atoms with van der Waals surface area (Å²) in [6.45, 7) is 6.09. The molecule has 0 radical (unpaired) electrons. The molecule has 0 aromatic carbocycles. The lowest BCUT2D eigenvalue weighted by atomic mass is 10.1. The topological polar surface area (TPSA) is 58.5 Å². The van der Waals surface area contributed by atoms with Gasteiger partial charge in [-0.2, -0.15) is 4.98 Å². The van der Waals surface area contributed by atoms with Crippen LogP contribution in [0, 0.1) is 6.92 Å². The van der Waals surface area contributed by atoms with Crippen LogP contribution in [0.4, 0.5) is 5.95 Å². The average Bonchev–Trinajstić information content (AvgIpc) is 2.29. The van der Waals surface area contributed by atoms with Gasteiger partial charge in [0.2, 0.25) is 11.8 Å². The highest BCUT2D eigenvalue weighted by molar-refractivity contribution is 5.34. The van der Waals surface area contributed by atoms with E-state index < -0.39 is 0 Å². The van der Waals surface area contributed by atoms with Crippen LogP contribution in [-0.2, 0) is 0 Å². The zero-order chi connectivity index (χ0) is 12.3. The van der Waals surface area contributed by atoms with Gasteiger partial charge in [-0.15, -0.1) is 0 Å². The first-order chi connectivity index (χ1) is 8.19. The van der Waals surface area contributed by atoms with Crippen LogP contribution in [0.1, 0.15) is 25.5 Å². The molecule has 1 aliphatic rings. The van der Waals surface area contributed by atoms with Crippen molar-refractivity contribution in [3.8, 4) is 5.88 Å². The summed E-state index contributed by atoms with van der Waals surface area (Å²) in [6, 6.07) is 1.84. The van der Waals surface area contributed by atoms with Crippen LogP contribution in [0.2, 0.25) is 0 Å². The number of aromatic nitrogens is 2. The fraction of sp³-hybridized carbons (Fsp3) is 0.667. The van der Waals surface area contributed by atoms with E-state index in [1.165, 1.54) is 0 Å². The number of aliphatic hydroxyl groups is 1. The van der Waals surface area contributed by atoms with Crippen LogP contribution in [0.15, 0.2) is 6.07 Å². The molecule has 0 atom stereocenters. The molecule has 2 heterocycles. The zero-order valence-electron chi connectivity index (χ0n) is 10.4. The Balaban J connectivity index is 2.14. The SMILES string of the molecule is CCOc1cc(C)nc(N2CCC(O)CC2)n1. The van der Waals surface area contributed by atoms with Crippen molar-refractivity contribution in [3.63, 3.8) is 0 Å². The van der Waals surface area contributed by atoms with Crippen LogP contribution in [-0.4, -0.2) is 40.9 Å². The standard InChI is InChI=1S/C12H19N3O2/c1-3-17-11-8-9(2)13-12(14-11)15-6-4-10(16)5-7-15/h8,10,16H,3-7H2,1-2H3. The third kappa shape index (κ3) is 3.06. The molecule has 1 N–H and O–H groups in total. The molecule has 0 amide bonds. The first-order valence-electron chi connectivity index (χ1n) is 6.10. The van der Waals surface area contributed by atoms with E-state index in [0.29, 0.717) is 18.4 Å². The summed E-state index contributed by atoms with van der Waals surface area (Å²) in [5, 5.41) is 9.48. The Morgan fingerprint density at radius 1 is 1.41 bits per heavy atom. The highest BCUT2D eigenvalue weighted by atomic mass is 16.5. The van der Waals surface area contributed by atoms with Gasteiger partial charge in [0.15, 0.2) is 0 Å². The number of nitrogens with zero attached hydrogens (tertiary/aromatic N) is 3. The molecule has 0 aliphatic carbocycles. The molecule has 0 bridgehead atoms. The van der Waals surface area contributed by atoms with Crippen molar-refractivity contribution in [1.82, 2.24) is 9.97 Å². The van der Waals surface area contributed by atoms with Gasteiger partial charge >= 0.3 is 0 Å². The van der Waals surface area contributed by atoms with Crippen molar-refractivity contribution in [2.24, 2.45) is 0 Å². The van der Waals surface area contributed by atoms with E-state index in [9.17, 15) is 5.11 Å². The predicted octanol–water partition coefficient (Wildman–Crippen LogP) is 1.14. The summed E-state index contributed by atoms with van der Waals surface area (Å²) in [4.78, 5) is 10.9. The Morgan fingerprint density at radius 2 is 2.12 bits per heavy atom. The summed E-state index contributed by atoms with van der Waals surface area (Å²) in [5.41, 5.74) is 0.907. The zero-order valence-corrected chi connectivity index (χ0v) is 10.4. The highest BCUT2D eigenvalue weighted by Gasteiger charge is 2.19. The molecular formula is C12H19N3O2. The lowest BCUT2D eigenvalue weighted by Crippen LogP contribution is -2.37. The maximum atomic E-state index is 9.48. The van der Waals surface area contributed by atoms with E-state index in [2.05, 4.69) is 14.9 Å². The minimum absolute atomic E-state index is 0.178. The number of rotatable bonds is 3. The van der Waals surface area contributed by atoms with Gasteiger partial charge in [-0.1, -0.05) is 0 Å². The maximum Gasteiger partial charge on any atom is 0.228 e. The third-order valence-electron chi connectivity index (χ3n) is 2.86. The second kappa shape index (κ2) is 5.31. The van der Waals surface area contributed by atoms with Gasteiger partial charge in [0.1, 0.15) is 0 Å². The number of aryl methyl sites for hydroxylation is 1. The quantitative estimate of drug-likeness (QED) is 0.854. The molecule has 2 rings (SSSR count). The van der Waals surface area contributed by atoms with Gasteiger partial charge in [-0.3, -0.25) is 0 Å². The molecule has 17 heavy (non-hydrogen) atoms. The van der Waals surface area contributed by atoms with E-state index in [1.807, 2.05) is 19.9 Å². The number of hydrogen-bond acceptors (Lipinski definition) is 5. The predicted molar refractivity (Wildman–Crippen MR) is 65.4 cm³/mol. The molecule has 94 valence electrons. The number of ether oxygens (including phenoxy) is 1. The van der Waals surface area contributed by atoms with Gasteiger partial charge in [0, 0.05) is 24.8 Å². The summed E-state index contributed by atoms with van der Waals surface area (Å²) in [5.74, 6) is 1.33. The molecule has 1 fully saturated rings. The number of hydrogen-bond donors (Lipinski definition) is 1. The number of anilines is 1. The summed E-state index contributed by atoms with van der Waals surface area (Å²) >= 11 is 0. The normalized spacial score (nSPS) is 17.2. The van der Waals surface area contributed by atoms with E-state index in [-0.39, 0.29) is 6.10 Å². The monoisotopic (exact) mass is 237 g/mol. The summed E-state index contributed by atoms with van der Waals surface area (Å²) < 4.78 is 5.41. The van der Waals surface area contributed by atoms with Crippen molar-refractivity contribution in [2.75, 3.05) is 24.6 Å². The van der Waals surface area contributed by atoms with Crippen molar-refractivity contribution < 1.29 is 9.84 Å². The van der Waals surface area contributed by atoms with E-state index >= 15 is 0 Å². The fourth-order valence-corrected chi connectivity index (χ4v) is 1.95. The number of piperidine rings is 1. The molecule has 1 saturated heterocycles. The van der Waals surface area contributed by atoms with Gasteiger partial charge in [0.25, 0.3) is 0 Å². The Bertz CT molecular complexity index is 376. The second-order valence-electron chi connectivity index (χ2n) is 4.30. The molecule has 0 spiro atoms. The third-order valence-corrected chi connectivity index (χ3v) is 2.86. The largest absolute Gasteiger partial charge is 0.478 e. The molecule has 0 unspecified atom stereocenters. The van der Waals surface area contributed by atoms with Gasteiger partial charge in [0.05, 0.1) is 12.7 Å². The van der Waals surface area contributed by atoms with E-state index in [0.717, 1.165) is 31.6 Å². The maximum absolute atomic E-state index is 9.48. The minimum Gasteiger partial charge on any atom is -0.478 e. The molecule has 1 aromatic heterocycles. The van der Waals surface area contributed by atoms with Gasteiger partial charge < -0.3 is 14.7 Å². The lowest BCUT2D eigenvalue weighted by molar-refractivity contribution is 0.145. The summed E-state index contributed by atoms with van der Waals surface area (Å²) in [6.07, 6.45) is 1.38. The van der Waals surface area contributed by atoms with Crippen LogP contribution in [0.3, 0.4) is 0 Å². The van der Waals surface area contributed by atoms with Crippen molar-refractivity contribution >= 4 is 5.95 Å². The molecule has 1 aromatic rings. The van der Waals surface area contributed by atoms with Gasteiger partial charge in [-0.25, -0.2) is 4.98 Å². The van der Waals surface area contributed by atoms with Crippen LogP contribution >= 0.6 is 0 Å². The van der Waals surface area contributed by atoms with Crippen LogP contribution < -0.4 is 9.64 Å². The van der Waals surface area contributed by atoms with E-state index in [4.69, 9.17) is 4.74 Å². The molecule has 5 heteroatoms. The highest BCUT2D eigenvalue weighted by Crippen LogP contribution is 2.19. The smallest absolute Gasteiger partial charge is 0.228 e. The van der Waals surface area contributed by atoms with Crippen molar-refractivity contribution in [1.29, 1.82) is 0 Å². The minimum atomic E-state index is -0.178. The molecule has 5 nitrogen and oxygen atoms in total. The van der Waals surface area contributed by atoms with Crippen molar-refractivity contribution in [2.45, 2.75) is 32.8 Å². The molecule has 0 saturated carbocycles. The lowest BCUT2D eigenvalue weighted by Gasteiger charge is -2.29. The van der Waals surface area contributed by atoms with Gasteiger partial charge in [-0.05, 0) is 26.7 Å². The van der Waals surface area contributed by atoms with Crippen LogP contribution in [0.25, 0.3) is 0 Å². The fourth-order valence-electron chi connectivity index (χ4n) is 1.95. The Morgan fingerprint density at radius 3 is 2.76 bits per heavy atom. The Hall–Kier alpha value is -1.36. The van der Waals surface area contributed by atoms with Crippen molar-refractivity contribution in [3.05, 3.63) is 11.8 Å². The first-order valence-corrected chi connectivity index (χ1v) is 6.10. The second-order valence-corrected chi connectivity index (χ2v) is 4.30. The first kappa shape index (κ1) is 12.1. The Labute approximate surface area is 101 Å². The van der Waals surface area contributed by atoms with Crippen LogP contribution in [0.5, 0.6) is 5.88 Å². The molecular weight excluding hydrogens is 218 g/mol. The molecule has 1 aliphatic heterocycles. The van der Waals surface area contributed by atoms with E-state index in [1.54, 1.807) is 0 Å². The Kier molecular flexibility index (Phi) is 3.78. The average molecular weight is 237 g/mol. The number of aliphatic hydroxyl groups excluding tert-OH is 1. The summed E-state index contributed by atoms with van der Waals surface area (Å²) in [7, 11) is 0.